The Morgan fingerprint density at radius 3 is 2.38 bits per heavy atom. The first-order valence-corrected chi connectivity index (χ1v) is 4.10. The topological polar surface area (TPSA) is 0 Å². The van der Waals surface area contributed by atoms with Crippen molar-refractivity contribution in [3.8, 4) is 0 Å². The van der Waals surface area contributed by atoms with Gasteiger partial charge in [0.25, 0.3) is 0 Å². The third-order valence-corrected chi connectivity index (χ3v) is 2.11. The molecule has 0 saturated carbocycles. The van der Waals surface area contributed by atoms with Crippen molar-refractivity contribution in [1.29, 1.82) is 0 Å². The van der Waals surface area contributed by atoms with E-state index in [0.29, 0.717) is 5.56 Å². The minimum absolute atomic E-state index is 0. The van der Waals surface area contributed by atoms with Crippen molar-refractivity contribution >= 4 is 0 Å². The molecule has 0 aliphatic heterocycles. The summed E-state index contributed by atoms with van der Waals surface area (Å²) in [7, 11) is 0. The van der Waals surface area contributed by atoms with E-state index in [-0.39, 0.29) is 27.6 Å². The molecule has 0 N–H and O–H groups in total. The Balaban J connectivity index is 0.00000144. The van der Waals surface area contributed by atoms with Crippen molar-refractivity contribution in [3.05, 3.63) is 35.4 Å². The maximum atomic E-state index is 13.0. The van der Waals surface area contributed by atoms with E-state index in [9.17, 15) is 8.78 Å². The summed E-state index contributed by atoms with van der Waals surface area (Å²) >= 11 is 0. The number of hydrogen-bond acceptors (Lipinski definition) is 0. The number of benzene rings is 1. The van der Waals surface area contributed by atoms with Gasteiger partial charge in [0.1, 0.15) is 11.6 Å². The molecule has 1 atom stereocenters. The summed E-state index contributed by atoms with van der Waals surface area (Å²) in [5, 5.41) is 0. The normalized spacial score (nSPS) is 12.0. The minimum atomic E-state index is -0.514. The van der Waals surface area contributed by atoms with Crippen LogP contribution in [0.4, 0.5) is 8.78 Å². The molecule has 0 aliphatic carbocycles. The van der Waals surface area contributed by atoms with E-state index in [2.05, 4.69) is 0 Å². The van der Waals surface area contributed by atoms with E-state index in [1.807, 2.05) is 13.8 Å². The van der Waals surface area contributed by atoms with Crippen LogP contribution in [0.5, 0.6) is 0 Å². The largest absolute Gasteiger partial charge is 0.207 e. The van der Waals surface area contributed by atoms with Gasteiger partial charge < -0.3 is 0 Å². The van der Waals surface area contributed by atoms with Crippen molar-refractivity contribution in [3.63, 3.8) is 0 Å². The Morgan fingerprint density at radius 1 is 1.31 bits per heavy atom. The standard InChI is InChI=1S/C10H12F2.Ti/c1-3-7(2)9-5-4-8(11)6-10(9)12;/h4-7H,3H2,1-2H3;. The predicted octanol–water partition coefficient (Wildman–Crippen LogP) is 3.48. The Morgan fingerprint density at radius 2 is 1.92 bits per heavy atom. The first kappa shape index (κ1) is 12.8. The number of rotatable bonds is 2. The monoisotopic (exact) mass is 218 g/mol. The van der Waals surface area contributed by atoms with Crippen LogP contribution in [0.25, 0.3) is 0 Å². The Hall–Kier alpha value is -0.206. The molecule has 1 unspecified atom stereocenters. The summed E-state index contributed by atoms with van der Waals surface area (Å²) in [4.78, 5) is 0. The molecule has 13 heavy (non-hydrogen) atoms. The molecular weight excluding hydrogens is 206 g/mol. The minimum Gasteiger partial charge on any atom is -0.207 e. The Bertz CT molecular complexity index is 274. The molecule has 1 aromatic carbocycles. The fraction of sp³-hybridized carbons (Fsp3) is 0.400. The van der Waals surface area contributed by atoms with Gasteiger partial charge in [0, 0.05) is 27.8 Å². The van der Waals surface area contributed by atoms with Crippen molar-refractivity contribution in [2.45, 2.75) is 26.2 Å². The molecule has 0 aromatic heterocycles. The van der Waals surface area contributed by atoms with Gasteiger partial charge >= 0.3 is 0 Å². The second-order valence-corrected chi connectivity index (χ2v) is 2.98. The van der Waals surface area contributed by atoms with Crippen LogP contribution in [0.15, 0.2) is 18.2 Å². The first-order chi connectivity index (χ1) is 5.65. The molecule has 0 radical (unpaired) electrons. The van der Waals surface area contributed by atoms with Crippen LogP contribution in [0.3, 0.4) is 0 Å². The van der Waals surface area contributed by atoms with Crippen LogP contribution in [-0.4, -0.2) is 0 Å². The van der Waals surface area contributed by atoms with Crippen LogP contribution in [-0.2, 0) is 21.7 Å². The van der Waals surface area contributed by atoms with E-state index in [4.69, 9.17) is 0 Å². The maximum Gasteiger partial charge on any atom is 0.129 e. The molecule has 3 heteroatoms. The van der Waals surface area contributed by atoms with Gasteiger partial charge in [-0.1, -0.05) is 19.9 Å². The van der Waals surface area contributed by atoms with E-state index < -0.39 is 11.6 Å². The SMILES string of the molecule is CCC(C)c1ccc(F)cc1F.[Ti]. The van der Waals surface area contributed by atoms with Gasteiger partial charge in [-0.05, 0) is 24.0 Å². The maximum absolute atomic E-state index is 13.0. The van der Waals surface area contributed by atoms with Gasteiger partial charge in [-0.15, -0.1) is 0 Å². The van der Waals surface area contributed by atoms with Crippen LogP contribution >= 0.6 is 0 Å². The second-order valence-electron chi connectivity index (χ2n) is 2.98. The van der Waals surface area contributed by atoms with Crippen LogP contribution < -0.4 is 0 Å². The summed E-state index contributed by atoms with van der Waals surface area (Å²) in [6, 6.07) is 3.74. The molecule has 0 saturated heterocycles. The van der Waals surface area contributed by atoms with E-state index >= 15 is 0 Å². The summed E-state index contributed by atoms with van der Waals surface area (Å²) < 4.78 is 25.5. The molecule has 0 heterocycles. The van der Waals surface area contributed by atoms with E-state index in [1.165, 1.54) is 12.1 Å². The Labute approximate surface area is 92.2 Å². The smallest absolute Gasteiger partial charge is 0.129 e. The van der Waals surface area contributed by atoms with Gasteiger partial charge in [0.15, 0.2) is 0 Å². The van der Waals surface area contributed by atoms with Crippen molar-refractivity contribution < 1.29 is 30.5 Å². The molecule has 70 valence electrons. The van der Waals surface area contributed by atoms with Gasteiger partial charge in [0.2, 0.25) is 0 Å². The van der Waals surface area contributed by atoms with Crippen LogP contribution in [0, 0.1) is 11.6 Å². The summed E-state index contributed by atoms with van der Waals surface area (Å²) in [5.74, 6) is -0.797. The first-order valence-electron chi connectivity index (χ1n) is 4.10. The Kier molecular flexibility index (Phi) is 5.42. The molecule has 0 amide bonds. The van der Waals surface area contributed by atoms with E-state index in [1.54, 1.807) is 0 Å². The zero-order valence-electron chi connectivity index (χ0n) is 7.77. The third kappa shape index (κ3) is 3.20. The average Bonchev–Trinajstić information content (AvgIpc) is 2.03. The number of halogens is 2. The molecule has 0 aliphatic rings. The van der Waals surface area contributed by atoms with Crippen LogP contribution in [0.1, 0.15) is 31.7 Å². The van der Waals surface area contributed by atoms with Crippen LogP contribution in [0.2, 0.25) is 0 Å². The second kappa shape index (κ2) is 5.51. The van der Waals surface area contributed by atoms with Gasteiger partial charge in [0.05, 0.1) is 0 Å². The van der Waals surface area contributed by atoms with Crippen molar-refractivity contribution in [2.24, 2.45) is 0 Å². The van der Waals surface area contributed by atoms with Crippen molar-refractivity contribution in [1.82, 2.24) is 0 Å². The average molecular weight is 218 g/mol. The molecule has 1 rings (SSSR count). The fourth-order valence-electron chi connectivity index (χ4n) is 1.12. The molecular formula is C10H12F2Ti. The zero-order chi connectivity index (χ0) is 9.14. The number of hydrogen-bond donors (Lipinski definition) is 0. The molecule has 0 spiro atoms. The zero-order valence-corrected chi connectivity index (χ0v) is 9.33. The van der Waals surface area contributed by atoms with Crippen molar-refractivity contribution in [2.75, 3.05) is 0 Å². The molecule has 0 fully saturated rings. The molecule has 0 nitrogen and oxygen atoms in total. The van der Waals surface area contributed by atoms with Gasteiger partial charge in [-0.25, -0.2) is 8.78 Å². The fourth-order valence-corrected chi connectivity index (χ4v) is 1.12. The third-order valence-electron chi connectivity index (χ3n) is 2.11. The van der Waals surface area contributed by atoms with E-state index in [0.717, 1.165) is 12.5 Å². The summed E-state index contributed by atoms with van der Waals surface area (Å²) in [6.45, 7) is 3.91. The predicted molar refractivity (Wildman–Crippen MR) is 45.1 cm³/mol. The van der Waals surface area contributed by atoms with Gasteiger partial charge in [-0.2, -0.15) is 0 Å². The molecule has 1 aromatic rings. The molecule has 0 bridgehead atoms. The summed E-state index contributed by atoms with van der Waals surface area (Å²) in [6.07, 6.45) is 0.864. The summed E-state index contributed by atoms with van der Waals surface area (Å²) in [5.41, 5.74) is 0.596. The van der Waals surface area contributed by atoms with Gasteiger partial charge in [-0.3, -0.25) is 0 Å². The quantitative estimate of drug-likeness (QED) is 0.666.